The van der Waals surface area contributed by atoms with Gasteiger partial charge in [-0.05, 0) is 31.9 Å². The van der Waals surface area contributed by atoms with E-state index in [0.29, 0.717) is 6.61 Å². The number of hydrogen-bond donors (Lipinski definition) is 1. The van der Waals surface area contributed by atoms with Gasteiger partial charge in [-0.25, -0.2) is 0 Å². The Bertz CT molecular complexity index is 733. The lowest BCUT2D eigenvalue weighted by Gasteiger charge is -2.30. The molecule has 1 aliphatic rings. The molecule has 0 atom stereocenters. The van der Waals surface area contributed by atoms with Crippen LogP contribution in [0.25, 0.3) is 10.8 Å². The third-order valence-corrected chi connectivity index (χ3v) is 5.15. The highest BCUT2D eigenvalue weighted by Gasteiger charge is 2.38. The third kappa shape index (κ3) is 3.64. The summed E-state index contributed by atoms with van der Waals surface area (Å²) < 4.78 is 11.4. The number of amides is 1. The van der Waals surface area contributed by atoms with E-state index in [1.165, 1.54) is 12.8 Å². The van der Waals surface area contributed by atoms with Crippen molar-refractivity contribution in [3.63, 3.8) is 0 Å². The summed E-state index contributed by atoms with van der Waals surface area (Å²) >= 11 is 0. The number of nitrogens with one attached hydrogen (secondary N) is 1. The average molecular weight is 341 g/mol. The maximum absolute atomic E-state index is 13.1. The highest BCUT2D eigenvalue weighted by molar-refractivity contribution is 6.06. The molecule has 2 aromatic carbocycles. The quantitative estimate of drug-likeness (QED) is 0.786. The molecule has 0 radical (unpaired) electrons. The first-order valence-electron chi connectivity index (χ1n) is 9.21. The van der Waals surface area contributed by atoms with Crippen LogP contribution in [0.2, 0.25) is 0 Å². The first kappa shape index (κ1) is 17.7. The highest BCUT2D eigenvalue weighted by Crippen LogP contribution is 2.35. The fraction of sp³-hybridized carbons (Fsp3) is 0.476. The zero-order chi connectivity index (χ0) is 17.7. The topological polar surface area (TPSA) is 47.6 Å². The van der Waals surface area contributed by atoms with Gasteiger partial charge in [0, 0.05) is 23.6 Å². The number of anilines is 1. The van der Waals surface area contributed by atoms with Crippen molar-refractivity contribution in [2.24, 2.45) is 0 Å². The first-order chi connectivity index (χ1) is 12.2. The maximum atomic E-state index is 13.1. The van der Waals surface area contributed by atoms with Crippen LogP contribution in [0.4, 0.5) is 5.69 Å². The summed E-state index contributed by atoms with van der Waals surface area (Å²) in [4.78, 5) is 13.1. The van der Waals surface area contributed by atoms with Crippen LogP contribution >= 0.6 is 0 Å². The Kier molecular flexibility index (Phi) is 5.59. The zero-order valence-corrected chi connectivity index (χ0v) is 15.1. The van der Waals surface area contributed by atoms with Gasteiger partial charge in [-0.2, -0.15) is 0 Å². The number of hydrogen-bond acceptors (Lipinski definition) is 3. The van der Waals surface area contributed by atoms with Crippen molar-refractivity contribution in [2.45, 2.75) is 51.0 Å². The molecule has 1 N–H and O–H groups in total. The predicted octanol–water partition coefficient (Wildman–Crippen LogP) is 4.92. The summed E-state index contributed by atoms with van der Waals surface area (Å²) in [6, 6.07) is 11.8. The van der Waals surface area contributed by atoms with Gasteiger partial charge in [0.15, 0.2) is 0 Å². The Balaban J connectivity index is 1.92. The van der Waals surface area contributed by atoms with Crippen molar-refractivity contribution in [3.8, 4) is 5.75 Å². The number of carbonyl (C=O) groups is 1. The third-order valence-electron chi connectivity index (χ3n) is 5.15. The van der Waals surface area contributed by atoms with E-state index in [2.05, 4.69) is 5.32 Å². The SMILES string of the molecule is CCOc1ccc(NC(=O)C2(OC)CCCCCC2)c2ccccc12. The molecule has 0 spiro atoms. The van der Waals surface area contributed by atoms with Crippen molar-refractivity contribution >= 4 is 22.4 Å². The summed E-state index contributed by atoms with van der Waals surface area (Å²) in [7, 11) is 1.65. The second kappa shape index (κ2) is 7.87. The molecule has 3 rings (SSSR count). The summed E-state index contributed by atoms with van der Waals surface area (Å²) in [6.45, 7) is 2.58. The first-order valence-corrected chi connectivity index (χ1v) is 9.21. The molecule has 0 saturated heterocycles. The van der Waals surface area contributed by atoms with Crippen LogP contribution in [0, 0.1) is 0 Å². The molecule has 1 fully saturated rings. The number of ether oxygens (including phenoxy) is 2. The van der Waals surface area contributed by atoms with Crippen LogP contribution in [0.15, 0.2) is 36.4 Å². The molecular weight excluding hydrogens is 314 g/mol. The van der Waals surface area contributed by atoms with E-state index in [4.69, 9.17) is 9.47 Å². The molecule has 1 amide bonds. The molecule has 1 saturated carbocycles. The van der Waals surface area contributed by atoms with Crippen LogP contribution in [-0.2, 0) is 9.53 Å². The minimum absolute atomic E-state index is 0.0359. The molecule has 0 heterocycles. The summed E-state index contributed by atoms with van der Waals surface area (Å²) in [5.41, 5.74) is 0.0978. The van der Waals surface area contributed by atoms with Crippen molar-refractivity contribution in [1.82, 2.24) is 0 Å². The van der Waals surface area contributed by atoms with Gasteiger partial charge in [0.1, 0.15) is 11.4 Å². The number of fused-ring (bicyclic) bond motifs is 1. The Morgan fingerprint density at radius 2 is 1.72 bits per heavy atom. The lowest BCUT2D eigenvalue weighted by molar-refractivity contribution is -0.139. The normalized spacial score (nSPS) is 17.0. The molecule has 0 bridgehead atoms. The lowest BCUT2D eigenvalue weighted by Crippen LogP contribution is -2.44. The molecule has 134 valence electrons. The van der Waals surface area contributed by atoms with Gasteiger partial charge in [-0.1, -0.05) is 49.9 Å². The van der Waals surface area contributed by atoms with Gasteiger partial charge < -0.3 is 14.8 Å². The Labute approximate surface area is 149 Å². The fourth-order valence-corrected chi connectivity index (χ4v) is 3.72. The van der Waals surface area contributed by atoms with Gasteiger partial charge in [-0.15, -0.1) is 0 Å². The van der Waals surface area contributed by atoms with Crippen LogP contribution in [0.3, 0.4) is 0 Å². The van der Waals surface area contributed by atoms with Crippen LogP contribution in [0.1, 0.15) is 45.4 Å². The van der Waals surface area contributed by atoms with Gasteiger partial charge in [-0.3, -0.25) is 4.79 Å². The smallest absolute Gasteiger partial charge is 0.256 e. The van der Waals surface area contributed by atoms with Gasteiger partial charge in [0.05, 0.1) is 6.61 Å². The molecule has 2 aromatic rings. The number of methoxy groups -OCH3 is 1. The molecule has 4 heteroatoms. The molecule has 4 nitrogen and oxygen atoms in total. The lowest BCUT2D eigenvalue weighted by atomic mass is 9.92. The average Bonchev–Trinajstić information content (AvgIpc) is 2.90. The van der Waals surface area contributed by atoms with Crippen molar-refractivity contribution in [3.05, 3.63) is 36.4 Å². The van der Waals surface area contributed by atoms with E-state index < -0.39 is 5.60 Å². The Hall–Kier alpha value is -2.07. The zero-order valence-electron chi connectivity index (χ0n) is 15.1. The monoisotopic (exact) mass is 341 g/mol. The van der Waals surface area contributed by atoms with E-state index in [1.807, 2.05) is 43.3 Å². The fourth-order valence-electron chi connectivity index (χ4n) is 3.72. The highest BCUT2D eigenvalue weighted by atomic mass is 16.5. The summed E-state index contributed by atoms with van der Waals surface area (Å²) in [5, 5.41) is 5.12. The van der Waals surface area contributed by atoms with E-state index >= 15 is 0 Å². The van der Waals surface area contributed by atoms with Gasteiger partial charge in [0.25, 0.3) is 5.91 Å². The number of carbonyl (C=O) groups excluding carboxylic acids is 1. The number of benzene rings is 2. The minimum atomic E-state index is -0.712. The minimum Gasteiger partial charge on any atom is -0.493 e. The van der Waals surface area contributed by atoms with E-state index in [9.17, 15) is 4.79 Å². The largest absolute Gasteiger partial charge is 0.493 e. The standard InChI is InChI=1S/C21H27NO3/c1-3-25-19-13-12-18(16-10-6-7-11-17(16)19)22-20(23)21(24-2)14-8-4-5-9-15-21/h6-7,10-13H,3-5,8-9,14-15H2,1-2H3,(H,22,23). The molecule has 1 aliphatic carbocycles. The number of rotatable bonds is 5. The Morgan fingerprint density at radius 3 is 2.36 bits per heavy atom. The van der Waals surface area contributed by atoms with Crippen LogP contribution in [0.5, 0.6) is 5.75 Å². The van der Waals surface area contributed by atoms with Gasteiger partial charge in [0.2, 0.25) is 0 Å². The second-order valence-electron chi connectivity index (χ2n) is 6.66. The second-order valence-corrected chi connectivity index (χ2v) is 6.66. The molecule has 0 aromatic heterocycles. The van der Waals surface area contributed by atoms with E-state index in [1.54, 1.807) is 7.11 Å². The summed E-state index contributed by atoms with van der Waals surface area (Å²) in [6.07, 6.45) is 5.97. The molecule has 0 aliphatic heterocycles. The van der Waals surface area contributed by atoms with E-state index in [0.717, 1.165) is 47.9 Å². The van der Waals surface area contributed by atoms with Gasteiger partial charge >= 0.3 is 0 Å². The molecular formula is C21H27NO3. The molecule has 0 unspecified atom stereocenters. The Morgan fingerprint density at radius 1 is 1.04 bits per heavy atom. The van der Waals surface area contributed by atoms with E-state index in [-0.39, 0.29) is 5.91 Å². The molecule has 25 heavy (non-hydrogen) atoms. The van der Waals surface area contributed by atoms with Crippen LogP contribution < -0.4 is 10.1 Å². The predicted molar refractivity (Wildman–Crippen MR) is 101 cm³/mol. The van der Waals surface area contributed by atoms with Crippen LogP contribution in [-0.4, -0.2) is 25.2 Å². The van der Waals surface area contributed by atoms with Crippen molar-refractivity contribution in [2.75, 3.05) is 19.0 Å². The maximum Gasteiger partial charge on any atom is 0.256 e. The van der Waals surface area contributed by atoms with Crippen molar-refractivity contribution < 1.29 is 14.3 Å². The summed E-state index contributed by atoms with van der Waals surface area (Å²) in [5.74, 6) is 0.804. The van der Waals surface area contributed by atoms with Crippen molar-refractivity contribution in [1.29, 1.82) is 0 Å².